The largest absolute Gasteiger partial charge is 0.464 e. The first-order chi connectivity index (χ1) is 9.47. The van der Waals surface area contributed by atoms with E-state index in [-0.39, 0.29) is 6.61 Å². The van der Waals surface area contributed by atoms with E-state index in [9.17, 15) is 14.7 Å². The quantitative estimate of drug-likeness (QED) is 0.615. The molecule has 3 unspecified atom stereocenters. The monoisotopic (exact) mass is 299 g/mol. The second kappa shape index (κ2) is 7.87. The first-order valence-electron chi connectivity index (χ1n) is 6.31. The van der Waals surface area contributed by atoms with Crippen molar-refractivity contribution in [3.8, 4) is 0 Å². The predicted octanol–water partition coefficient (Wildman–Crippen LogP) is 1.40. The van der Waals surface area contributed by atoms with Crippen LogP contribution in [0.4, 0.5) is 0 Å². The van der Waals surface area contributed by atoms with Gasteiger partial charge in [0, 0.05) is 0 Å². The topological polar surface area (TPSA) is 75.6 Å². The molecule has 0 bridgehead atoms. The third kappa shape index (κ3) is 4.51. The molecule has 3 atom stereocenters. The molecule has 0 heterocycles. The number of rotatable bonds is 6. The lowest BCUT2D eigenvalue weighted by Crippen LogP contribution is -2.48. The van der Waals surface area contributed by atoms with Crippen molar-refractivity contribution in [3.05, 3.63) is 35.9 Å². The van der Waals surface area contributed by atoms with Gasteiger partial charge < -0.3 is 15.2 Å². The van der Waals surface area contributed by atoms with Crippen molar-refractivity contribution in [2.45, 2.75) is 31.4 Å². The number of amides is 1. The third-order valence-electron chi connectivity index (χ3n) is 2.66. The lowest BCUT2D eigenvalue weighted by molar-refractivity contribution is -0.150. The van der Waals surface area contributed by atoms with Gasteiger partial charge in [-0.2, -0.15) is 0 Å². The van der Waals surface area contributed by atoms with Crippen LogP contribution < -0.4 is 5.32 Å². The Hall–Kier alpha value is -1.59. The molecule has 0 saturated carbocycles. The molecular formula is C14H18ClNO4. The number of aliphatic hydroxyl groups is 1. The smallest absolute Gasteiger partial charge is 0.331 e. The van der Waals surface area contributed by atoms with Gasteiger partial charge >= 0.3 is 5.97 Å². The van der Waals surface area contributed by atoms with Crippen molar-refractivity contribution in [1.82, 2.24) is 5.32 Å². The summed E-state index contributed by atoms with van der Waals surface area (Å²) >= 11 is 5.66. The number of benzene rings is 1. The van der Waals surface area contributed by atoms with Gasteiger partial charge in [0.05, 0.1) is 6.61 Å². The van der Waals surface area contributed by atoms with E-state index in [4.69, 9.17) is 16.3 Å². The van der Waals surface area contributed by atoms with Crippen molar-refractivity contribution in [1.29, 1.82) is 0 Å². The number of hydrogen-bond acceptors (Lipinski definition) is 4. The average molecular weight is 300 g/mol. The van der Waals surface area contributed by atoms with Gasteiger partial charge in [0.1, 0.15) is 11.5 Å². The van der Waals surface area contributed by atoms with Gasteiger partial charge in [-0.1, -0.05) is 30.3 Å². The van der Waals surface area contributed by atoms with Gasteiger partial charge in [-0.3, -0.25) is 4.79 Å². The molecule has 0 fully saturated rings. The number of hydrogen-bond donors (Lipinski definition) is 2. The molecule has 6 heteroatoms. The Bertz CT molecular complexity index is 450. The summed E-state index contributed by atoms with van der Waals surface area (Å²) in [6, 6.07) is 7.38. The van der Waals surface area contributed by atoms with Crippen LogP contribution in [-0.2, 0) is 14.3 Å². The number of nitrogens with one attached hydrogen (secondary N) is 1. The zero-order chi connectivity index (χ0) is 15.1. The van der Waals surface area contributed by atoms with Crippen molar-refractivity contribution in [2.24, 2.45) is 0 Å². The number of carbonyl (C=O) groups excluding carboxylic acids is 2. The minimum Gasteiger partial charge on any atom is -0.464 e. The van der Waals surface area contributed by atoms with Gasteiger partial charge in [0.2, 0.25) is 5.91 Å². The van der Waals surface area contributed by atoms with Gasteiger partial charge in [0.25, 0.3) is 0 Å². The minimum atomic E-state index is -1.20. The normalized spacial score (nSPS) is 15.0. The maximum absolute atomic E-state index is 11.9. The highest BCUT2D eigenvalue weighted by Gasteiger charge is 2.31. The molecule has 1 rings (SSSR count). The fraction of sp³-hybridized carbons (Fsp3) is 0.429. The highest BCUT2D eigenvalue weighted by atomic mass is 35.5. The Morgan fingerprint density at radius 2 is 1.95 bits per heavy atom. The molecule has 0 aliphatic rings. The lowest BCUT2D eigenvalue weighted by Gasteiger charge is -2.23. The van der Waals surface area contributed by atoms with Crippen LogP contribution in [0.25, 0.3) is 0 Å². The van der Waals surface area contributed by atoms with Crippen LogP contribution in [0.5, 0.6) is 0 Å². The second-order valence-electron chi connectivity index (χ2n) is 4.21. The van der Waals surface area contributed by atoms with Crippen LogP contribution >= 0.6 is 11.6 Å². The third-order valence-corrected chi connectivity index (χ3v) is 2.85. The van der Waals surface area contributed by atoms with E-state index in [1.165, 1.54) is 6.92 Å². The van der Waals surface area contributed by atoms with Gasteiger partial charge in [-0.15, -0.1) is 11.6 Å². The summed E-state index contributed by atoms with van der Waals surface area (Å²) < 4.78 is 4.87. The van der Waals surface area contributed by atoms with E-state index in [1.807, 2.05) is 0 Å². The maximum atomic E-state index is 11.9. The summed E-state index contributed by atoms with van der Waals surface area (Å²) in [6.07, 6.45) is -1.20. The molecule has 0 radical (unpaired) electrons. The number of esters is 1. The van der Waals surface area contributed by atoms with Crippen LogP contribution in [-0.4, -0.2) is 35.0 Å². The molecule has 1 aromatic rings. The highest BCUT2D eigenvalue weighted by Crippen LogP contribution is 2.18. The van der Waals surface area contributed by atoms with Crippen molar-refractivity contribution in [3.63, 3.8) is 0 Å². The molecule has 0 aromatic heterocycles. The Balaban J connectivity index is 2.92. The lowest BCUT2D eigenvalue weighted by atomic mass is 10.0. The molecule has 2 N–H and O–H groups in total. The molecule has 20 heavy (non-hydrogen) atoms. The van der Waals surface area contributed by atoms with E-state index in [0.29, 0.717) is 5.56 Å². The van der Waals surface area contributed by atoms with Gasteiger partial charge in [-0.05, 0) is 19.4 Å². The molecule has 0 saturated heterocycles. The molecule has 1 amide bonds. The van der Waals surface area contributed by atoms with Crippen LogP contribution in [0.3, 0.4) is 0 Å². The minimum absolute atomic E-state index is 0.156. The molecule has 0 aliphatic carbocycles. The highest BCUT2D eigenvalue weighted by molar-refractivity contribution is 6.30. The summed E-state index contributed by atoms with van der Waals surface area (Å²) in [5.74, 6) is -1.24. The number of alkyl halides is 1. The fourth-order valence-corrected chi connectivity index (χ4v) is 1.67. The standard InChI is InChI=1S/C14H18ClNO4/c1-3-20-14(19)11(16-13(18)9(2)15)12(17)10-7-5-4-6-8-10/h4-9,11-12,17H,3H2,1-2H3,(H,16,18). The SMILES string of the molecule is CCOC(=O)C(NC(=O)C(C)Cl)C(O)c1ccccc1. The summed E-state index contributed by atoms with van der Waals surface area (Å²) in [6.45, 7) is 3.28. The number of ether oxygens (including phenoxy) is 1. The Labute approximate surface area is 122 Å². The van der Waals surface area contributed by atoms with E-state index >= 15 is 0 Å². The van der Waals surface area contributed by atoms with Crippen molar-refractivity contribution in [2.75, 3.05) is 6.61 Å². The Kier molecular flexibility index (Phi) is 6.48. The maximum Gasteiger partial charge on any atom is 0.331 e. The fourth-order valence-electron chi connectivity index (χ4n) is 1.61. The average Bonchev–Trinajstić information content (AvgIpc) is 2.44. The molecule has 1 aromatic carbocycles. The van der Waals surface area contributed by atoms with Gasteiger partial charge in [0.15, 0.2) is 6.04 Å². The van der Waals surface area contributed by atoms with Crippen LogP contribution in [0.2, 0.25) is 0 Å². The van der Waals surface area contributed by atoms with Crippen molar-refractivity contribution < 1.29 is 19.4 Å². The first-order valence-corrected chi connectivity index (χ1v) is 6.75. The first kappa shape index (κ1) is 16.5. The summed E-state index contributed by atoms with van der Waals surface area (Å²) in [4.78, 5) is 23.5. The Morgan fingerprint density at radius 1 is 1.35 bits per heavy atom. The molecule has 0 aliphatic heterocycles. The summed E-state index contributed by atoms with van der Waals surface area (Å²) in [5.41, 5.74) is 0.507. The van der Waals surface area contributed by atoms with E-state index in [0.717, 1.165) is 0 Å². The Morgan fingerprint density at radius 3 is 2.45 bits per heavy atom. The van der Waals surface area contributed by atoms with Crippen molar-refractivity contribution >= 4 is 23.5 Å². The van der Waals surface area contributed by atoms with E-state index in [1.54, 1.807) is 37.3 Å². The van der Waals surface area contributed by atoms with Crippen LogP contribution in [0, 0.1) is 0 Å². The number of aliphatic hydroxyl groups excluding tert-OH is 1. The second-order valence-corrected chi connectivity index (χ2v) is 4.86. The molecule has 0 spiro atoms. The molecular weight excluding hydrogens is 282 g/mol. The van der Waals surface area contributed by atoms with Gasteiger partial charge in [-0.25, -0.2) is 4.79 Å². The predicted molar refractivity (Wildman–Crippen MR) is 75.3 cm³/mol. The van der Waals surface area contributed by atoms with Crippen LogP contribution in [0.1, 0.15) is 25.5 Å². The molecule has 5 nitrogen and oxygen atoms in total. The number of halogens is 1. The number of carbonyl (C=O) groups is 2. The summed E-state index contributed by atoms with van der Waals surface area (Å²) in [7, 11) is 0. The van der Waals surface area contributed by atoms with Crippen LogP contribution in [0.15, 0.2) is 30.3 Å². The molecule has 110 valence electrons. The van der Waals surface area contributed by atoms with E-state index in [2.05, 4.69) is 5.32 Å². The van der Waals surface area contributed by atoms with E-state index < -0.39 is 29.4 Å². The summed E-state index contributed by atoms with van der Waals surface area (Å²) in [5, 5.41) is 11.8. The zero-order valence-electron chi connectivity index (χ0n) is 11.4. The zero-order valence-corrected chi connectivity index (χ0v) is 12.1.